The van der Waals surface area contributed by atoms with Crippen molar-refractivity contribution in [2.24, 2.45) is 17.8 Å². The fourth-order valence-electron chi connectivity index (χ4n) is 8.01. The highest BCUT2D eigenvalue weighted by Gasteiger charge is 2.57. The number of cyclic esters (lactones) is 1. The molecule has 4 fully saturated rings. The number of aliphatic hydroxyl groups is 2. The number of esters is 1. The van der Waals surface area contributed by atoms with Crippen LogP contribution in [0.5, 0.6) is 0 Å². The van der Waals surface area contributed by atoms with E-state index in [1.54, 1.807) is 13.8 Å². The average Bonchev–Trinajstić information content (AvgIpc) is 3.21. The second-order valence-corrected chi connectivity index (χ2v) is 17.2. The van der Waals surface area contributed by atoms with Crippen LogP contribution in [-0.2, 0) is 43.0 Å². The van der Waals surface area contributed by atoms with Gasteiger partial charge in [0.1, 0.15) is 36.3 Å². The van der Waals surface area contributed by atoms with Crippen molar-refractivity contribution in [3.63, 3.8) is 0 Å². The van der Waals surface area contributed by atoms with Gasteiger partial charge >= 0.3 is 5.97 Å². The molecule has 0 saturated carbocycles. The molecule has 0 aromatic heterocycles. The van der Waals surface area contributed by atoms with Gasteiger partial charge in [-0.2, -0.15) is 0 Å². The van der Waals surface area contributed by atoms with E-state index in [0.29, 0.717) is 38.1 Å². The third kappa shape index (κ3) is 10.9. The first kappa shape index (κ1) is 47.7. The normalized spacial score (nSPS) is 33.5. The van der Waals surface area contributed by atoms with Gasteiger partial charge in [0.2, 0.25) is 17.6 Å². The summed E-state index contributed by atoms with van der Waals surface area (Å²) in [5.41, 5.74) is 3.01. The molecule has 0 spiro atoms. The van der Waals surface area contributed by atoms with Gasteiger partial charge in [0.05, 0.1) is 12.6 Å². The molecule has 0 unspecified atom stereocenters. The Hall–Kier alpha value is -3.95. The number of fused-ring (bicyclic) bond motifs is 2. The molecule has 4 aliphatic heterocycles. The van der Waals surface area contributed by atoms with Crippen molar-refractivity contribution in [3.8, 4) is 0 Å². The summed E-state index contributed by atoms with van der Waals surface area (Å²) in [5, 5.41) is 44.3. The number of ether oxygens (including phenoxy) is 2. The molecule has 0 radical (unpaired) electrons. The summed E-state index contributed by atoms with van der Waals surface area (Å²) in [6.45, 7) is 12.8. The first-order valence-electron chi connectivity index (χ1n) is 21.0. The Balaban J connectivity index is 1.73. The van der Waals surface area contributed by atoms with Crippen LogP contribution in [0.1, 0.15) is 113 Å². The topological polar surface area (TPSA) is 269 Å². The van der Waals surface area contributed by atoms with Gasteiger partial charge < -0.3 is 35.6 Å². The van der Waals surface area contributed by atoms with E-state index in [1.165, 1.54) is 13.8 Å². The summed E-state index contributed by atoms with van der Waals surface area (Å²) < 4.78 is 12.0. The highest BCUT2D eigenvalue weighted by molar-refractivity contribution is 5.97. The van der Waals surface area contributed by atoms with Crippen molar-refractivity contribution in [2.45, 2.75) is 167 Å². The number of hydrogen-bond donors (Lipinski definition) is 8. The molecule has 0 aromatic carbocycles. The fraction of sp³-hybridized carbons (Fsp3) is 0.821. The molecule has 20 heteroatoms. The maximum Gasteiger partial charge on any atom is 0.328 e. The molecule has 4 saturated heterocycles. The van der Waals surface area contributed by atoms with Crippen molar-refractivity contribution < 1.29 is 58.5 Å². The van der Waals surface area contributed by atoms with Gasteiger partial charge in [-0.25, -0.2) is 20.7 Å². The van der Waals surface area contributed by atoms with Crippen LogP contribution in [0.15, 0.2) is 0 Å². The lowest BCUT2D eigenvalue weighted by Crippen LogP contribution is -2.70. The highest BCUT2D eigenvalue weighted by atomic mass is 16.6. The Kier molecular flexibility index (Phi) is 16.2. The van der Waals surface area contributed by atoms with Gasteiger partial charge in [-0.05, 0) is 83.5 Å². The SMILES string of the molecule is CC[C@@H]1O[C@](O)([C@@](C)(O)C(=O)N[C@H]2C(=O)N3NCCC[C@@H]3C(=O)N(O)[C@H](C)C(=O)NCC(=O)N3NCCC[C@H]3C(=O)N[C@H](C)C(=O)O[C@@H]2C(C)C)CC[C@H]1CCC(C)C. The van der Waals surface area contributed by atoms with Crippen LogP contribution in [0, 0.1) is 17.8 Å². The third-order valence-corrected chi connectivity index (χ3v) is 11.9. The minimum Gasteiger partial charge on any atom is -0.458 e. The summed E-state index contributed by atoms with van der Waals surface area (Å²) in [7, 11) is 0. The Morgan fingerprint density at radius 1 is 0.949 bits per heavy atom. The molecule has 20 nitrogen and oxygen atoms in total. The molecule has 6 amide bonds. The zero-order valence-corrected chi connectivity index (χ0v) is 35.6. The van der Waals surface area contributed by atoms with Crippen LogP contribution in [0.3, 0.4) is 0 Å². The van der Waals surface area contributed by atoms with E-state index in [9.17, 15) is 49.0 Å². The molecule has 4 rings (SSSR count). The number of nitrogens with one attached hydrogen (secondary N) is 5. The van der Waals surface area contributed by atoms with Crippen molar-refractivity contribution in [3.05, 3.63) is 0 Å². The minimum absolute atomic E-state index is 0.00102. The predicted molar refractivity (Wildman–Crippen MR) is 209 cm³/mol. The van der Waals surface area contributed by atoms with Gasteiger partial charge in [0.15, 0.2) is 5.60 Å². The number of carbonyl (C=O) groups is 7. The maximum absolute atomic E-state index is 14.8. The van der Waals surface area contributed by atoms with Crippen LogP contribution in [0.2, 0.25) is 0 Å². The van der Waals surface area contributed by atoms with Gasteiger partial charge in [-0.15, -0.1) is 0 Å². The Morgan fingerprint density at radius 3 is 2.19 bits per heavy atom. The number of amides is 6. The Bertz CT molecular complexity index is 1560. The Morgan fingerprint density at radius 2 is 1.58 bits per heavy atom. The van der Waals surface area contributed by atoms with E-state index in [0.717, 1.165) is 29.8 Å². The molecule has 59 heavy (non-hydrogen) atoms. The number of carbonyl (C=O) groups excluding carboxylic acids is 7. The molecule has 0 bridgehead atoms. The summed E-state index contributed by atoms with van der Waals surface area (Å²) in [5.74, 6) is -9.26. The smallest absolute Gasteiger partial charge is 0.328 e. The molecule has 8 N–H and O–H groups in total. The van der Waals surface area contributed by atoms with E-state index < -0.39 is 108 Å². The predicted octanol–water partition coefficient (Wildman–Crippen LogP) is -0.648. The molecule has 10 atom stereocenters. The zero-order valence-electron chi connectivity index (χ0n) is 35.6. The van der Waals surface area contributed by atoms with Gasteiger partial charge in [0, 0.05) is 19.5 Å². The molecular weight excluding hydrogens is 772 g/mol. The van der Waals surface area contributed by atoms with Gasteiger partial charge in [-0.3, -0.25) is 44.0 Å². The molecule has 4 aliphatic rings. The minimum atomic E-state index is -2.66. The van der Waals surface area contributed by atoms with Gasteiger partial charge in [-0.1, -0.05) is 41.0 Å². The lowest BCUT2D eigenvalue weighted by molar-refractivity contribution is -0.328. The summed E-state index contributed by atoms with van der Waals surface area (Å²) in [4.78, 5) is 96.7. The number of hydrogen-bond acceptors (Lipinski definition) is 14. The van der Waals surface area contributed by atoms with E-state index in [4.69, 9.17) is 9.47 Å². The molecule has 4 heterocycles. The molecule has 334 valence electrons. The lowest BCUT2D eigenvalue weighted by Gasteiger charge is -2.48. The summed E-state index contributed by atoms with van der Waals surface area (Å²) in [6.07, 6.45) is 1.64. The van der Waals surface area contributed by atoms with Crippen molar-refractivity contribution >= 4 is 41.4 Å². The van der Waals surface area contributed by atoms with Crippen molar-refractivity contribution in [2.75, 3.05) is 19.6 Å². The van der Waals surface area contributed by atoms with E-state index in [1.807, 2.05) is 6.92 Å². The summed E-state index contributed by atoms with van der Waals surface area (Å²) >= 11 is 0. The van der Waals surface area contributed by atoms with Crippen LogP contribution < -0.4 is 26.8 Å². The lowest BCUT2D eigenvalue weighted by atomic mass is 9.79. The number of hydroxylamine groups is 2. The highest BCUT2D eigenvalue weighted by Crippen LogP contribution is 2.41. The molecule has 0 aliphatic carbocycles. The zero-order chi connectivity index (χ0) is 44.0. The first-order chi connectivity index (χ1) is 27.6. The van der Waals surface area contributed by atoms with Crippen LogP contribution in [-0.4, -0.2) is 145 Å². The quantitative estimate of drug-likeness (QED) is 0.112. The second kappa shape index (κ2) is 20.1. The van der Waals surface area contributed by atoms with E-state index in [2.05, 4.69) is 40.6 Å². The average molecular weight is 839 g/mol. The third-order valence-electron chi connectivity index (χ3n) is 11.9. The number of hydrazine groups is 2. The van der Waals surface area contributed by atoms with Crippen LogP contribution >= 0.6 is 0 Å². The number of nitrogens with zero attached hydrogens (tertiary/aromatic N) is 3. The monoisotopic (exact) mass is 838 g/mol. The van der Waals surface area contributed by atoms with Crippen molar-refractivity contribution in [1.82, 2.24) is 41.9 Å². The van der Waals surface area contributed by atoms with E-state index in [-0.39, 0.29) is 36.8 Å². The van der Waals surface area contributed by atoms with Gasteiger partial charge in [0.25, 0.3) is 23.6 Å². The Labute approximate surface area is 345 Å². The van der Waals surface area contributed by atoms with E-state index >= 15 is 0 Å². The fourth-order valence-corrected chi connectivity index (χ4v) is 8.01. The molecule has 0 aromatic rings. The largest absolute Gasteiger partial charge is 0.458 e. The number of rotatable bonds is 8. The second-order valence-electron chi connectivity index (χ2n) is 17.2. The van der Waals surface area contributed by atoms with Crippen LogP contribution in [0.25, 0.3) is 0 Å². The standard InChI is InChI=1S/C39H66N8O12/c1-9-28-25(15-14-21(2)3)16-17-39(56,59-28)38(8,55)37(54)44-30-31(22(4)5)58-36(53)23(6)43-33(50)26-12-10-18-41-45(26)29(48)20-40-32(49)24(7)47(57)34(51)27-13-11-19-42-46(27)35(30)52/h21-28,30-31,41-42,55-57H,9-20H2,1-8H3,(H,40,49)(H,43,50)(H,44,54)/t23-,24-,25-,26+,27-,28+,30-,31-,38+,39+/m1/s1. The maximum atomic E-state index is 14.8. The summed E-state index contributed by atoms with van der Waals surface area (Å²) in [6, 6.07) is -7.26. The van der Waals surface area contributed by atoms with Crippen LogP contribution in [0.4, 0.5) is 0 Å². The van der Waals surface area contributed by atoms with Crippen molar-refractivity contribution in [1.29, 1.82) is 0 Å². The molecular formula is C39H66N8O12. The first-order valence-corrected chi connectivity index (χ1v) is 21.0.